The molecule has 7 nitrogen and oxygen atoms in total. The molecule has 7 heteroatoms. The minimum absolute atomic E-state index is 0.151. The lowest BCUT2D eigenvalue weighted by Gasteiger charge is -2.10. The van der Waals surface area contributed by atoms with E-state index in [2.05, 4.69) is 5.32 Å². The van der Waals surface area contributed by atoms with Crippen molar-refractivity contribution in [3.05, 3.63) is 70.1 Å². The van der Waals surface area contributed by atoms with Crippen molar-refractivity contribution < 1.29 is 18.7 Å². The molecule has 0 spiro atoms. The smallest absolute Gasteiger partial charge is 0.411 e. The van der Waals surface area contributed by atoms with E-state index < -0.39 is 11.7 Å². The third-order valence-electron chi connectivity index (χ3n) is 3.73. The molecule has 0 aliphatic carbocycles. The summed E-state index contributed by atoms with van der Waals surface area (Å²) in [5.74, 6) is 0.580. The molecule has 27 heavy (non-hydrogen) atoms. The Morgan fingerprint density at radius 2 is 1.96 bits per heavy atom. The molecule has 1 amide bonds. The lowest BCUT2D eigenvalue weighted by atomic mass is 10.1. The van der Waals surface area contributed by atoms with Gasteiger partial charge < -0.3 is 13.9 Å². The SMILES string of the molecule is CCOC(=O)Nc1ccc2c(COc3ccc(C#N)cc3)cc(=O)oc2c1. The van der Waals surface area contributed by atoms with Gasteiger partial charge in [-0.3, -0.25) is 5.32 Å². The molecule has 0 saturated carbocycles. The minimum Gasteiger partial charge on any atom is -0.489 e. The van der Waals surface area contributed by atoms with Gasteiger partial charge in [-0.05, 0) is 43.3 Å². The maximum absolute atomic E-state index is 11.9. The highest BCUT2D eigenvalue weighted by atomic mass is 16.5. The van der Waals surface area contributed by atoms with Crippen molar-refractivity contribution in [3.8, 4) is 11.8 Å². The minimum atomic E-state index is -0.584. The molecule has 0 aliphatic rings. The summed E-state index contributed by atoms with van der Waals surface area (Å²) in [6, 6.07) is 15.1. The van der Waals surface area contributed by atoms with Gasteiger partial charge in [-0.1, -0.05) is 0 Å². The number of rotatable bonds is 5. The highest BCUT2D eigenvalue weighted by Gasteiger charge is 2.09. The second kappa shape index (κ2) is 8.06. The second-order valence-corrected chi connectivity index (χ2v) is 5.57. The average molecular weight is 364 g/mol. The number of nitrogens with zero attached hydrogens (tertiary/aromatic N) is 1. The molecule has 1 aromatic heterocycles. The maximum Gasteiger partial charge on any atom is 0.411 e. The number of carbonyl (C=O) groups excluding carboxylic acids is 1. The van der Waals surface area contributed by atoms with Crippen molar-refractivity contribution in [2.24, 2.45) is 0 Å². The van der Waals surface area contributed by atoms with Crippen LogP contribution < -0.4 is 15.7 Å². The van der Waals surface area contributed by atoms with Crippen LogP contribution in [0.2, 0.25) is 0 Å². The lowest BCUT2D eigenvalue weighted by molar-refractivity contribution is 0.168. The number of nitrogens with one attached hydrogen (secondary N) is 1. The zero-order valence-corrected chi connectivity index (χ0v) is 14.5. The van der Waals surface area contributed by atoms with Crippen molar-refractivity contribution in [2.45, 2.75) is 13.5 Å². The molecule has 3 aromatic rings. The molecule has 0 atom stereocenters. The van der Waals surface area contributed by atoms with Gasteiger partial charge in [-0.15, -0.1) is 0 Å². The molecule has 0 bridgehead atoms. The average Bonchev–Trinajstić information content (AvgIpc) is 2.66. The highest BCUT2D eigenvalue weighted by molar-refractivity contribution is 5.89. The van der Waals surface area contributed by atoms with Crippen LogP contribution in [0.5, 0.6) is 5.75 Å². The predicted octanol–water partition coefficient (Wildman–Crippen LogP) is 3.81. The van der Waals surface area contributed by atoms with Crippen LogP contribution in [0.1, 0.15) is 18.1 Å². The highest BCUT2D eigenvalue weighted by Crippen LogP contribution is 2.23. The summed E-state index contributed by atoms with van der Waals surface area (Å²) < 4.78 is 15.8. The number of fused-ring (bicyclic) bond motifs is 1. The van der Waals surface area contributed by atoms with E-state index in [4.69, 9.17) is 19.2 Å². The normalized spacial score (nSPS) is 10.2. The van der Waals surface area contributed by atoms with E-state index in [1.807, 2.05) is 6.07 Å². The Morgan fingerprint density at radius 3 is 2.67 bits per heavy atom. The van der Waals surface area contributed by atoms with Crippen LogP contribution in [-0.2, 0) is 11.3 Å². The molecule has 136 valence electrons. The first-order chi connectivity index (χ1) is 13.1. The van der Waals surface area contributed by atoms with Gasteiger partial charge in [0.15, 0.2) is 0 Å². The molecule has 2 aromatic carbocycles. The first kappa shape index (κ1) is 18.0. The third-order valence-corrected chi connectivity index (χ3v) is 3.73. The molecule has 0 aliphatic heterocycles. The number of nitriles is 1. The zero-order valence-electron chi connectivity index (χ0n) is 14.5. The Kier molecular flexibility index (Phi) is 5.38. The van der Waals surface area contributed by atoms with Gasteiger partial charge in [0.05, 0.1) is 18.2 Å². The van der Waals surface area contributed by atoms with Gasteiger partial charge in [0.2, 0.25) is 0 Å². The van der Waals surface area contributed by atoms with Crippen LogP contribution in [0, 0.1) is 11.3 Å². The van der Waals surface area contributed by atoms with Gasteiger partial charge in [0.1, 0.15) is 17.9 Å². The van der Waals surface area contributed by atoms with E-state index in [-0.39, 0.29) is 13.2 Å². The summed E-state index contributed by atoms with van der Waals surface area (Å²) in [7, 11) is 0. The number of anilines is 1. The van der Waals surface area contributed by atoms with Crippen molar-refractivity contribution in [3.63, 3.8) is 0 Å². The molecule has 0 radical (unpaired) electrons. The molecule has 3 rings (SSSR count). The van der Waals surface area contributed by atoms with Crippen LogP contribution >= 0.6 is 0 Å². The predicted molar refractivity (Wildman–Crippen MR) is 98.6 cm³/mol. The molecule has 0 saturated heterocycles. The molecule has 1 heterocycles. The summed E-state index contributed by atoms with van der Waals surface area (Å²) in [5.41, 5.74) is 1.45. The van der Waals surface area contributed by atoms with Crippen molar-refractivity contribution >= 4 is 22.7 Å². The number of benzene rings is 2. The van der Waals surface area contributed by atoms with Crippen molar-refractivity contribution in [1.29, 1.82) is 5.26 Å². The molecule has 1 N–H and O–H groups in total. The Labute approximate surface area is 154 Å². The maximum atomic E-state index is 11.9. The molecular formula is C20H16N2O5. The number of hydrogen-bond acceptors (Lipinski definition) is 6. The largest absolute Gasteiger partial charge is 0.489 e. The van der Waals surface area contributed by atoms with Crippen LogP contribution in [0.25, 0.3) is 11.0 Å². The second-order valence-electron chi connectivity index (χ2n) is 5.57. The third kappa shape index (κ3) is 4.44. The van der Waals surface area contributed by atoms with Crippen LogP contribution in [0.3, 0.4) is 0 Å². The van der Waals surface area contributed by atoms with Gasteiger partial charge in [-0.25, -0.2) is 9.59 Å². The number of amides is 1. The number of hydrogen-bond donors (Lipinski definition) is 1. The Bertz CT molecular complexity index is 1060. The summed E-state index contributed by atoms with van der Waals surface area (Å²) in [4.78, 5) is 23.4. The van der Waals surface area contributed by atoms with E-state index in [0.29, 0.717) is 33.5 Å². The fourth-order valence-electron chi connectivity index (χ4n) is 2.50. The van der Waals surface area contributed by atoms with E-state index in [0.717, 1.165) is 0 Å². The molecule has 0 unspecified atom stereocenters. The fraction of sp³-hybridized carbons (Fsp3) is 0.150. The standard InChI is InChI=1S/C20H16N2O5/c1-2-25-20(24)22-15-5-8-17-14(9-19(23)27-18(17)10-15)12-26-16-6-3-13(11-21)4-7-16/h3-10H,2,12H2,1H3,(H,22,24). The topological polar surface area (TPSA) is 102 Å². The van der Waals surface area contributed by atoms with Crippen molar-refractivity contribution in [2.75, 3.05) is 11.9 Å². The first-order valence-corrected chi connectivity index (χ1v) is 8.22. The van der Waals surface area contributed by atoms with Crippen molar-refractivity contribution in [1.82, 2.24) is 0 Å². The fourth-order valence-corrected chi connectivity index (χ4v) is 2.50. The summed E-state index contributed by atoms with van der Waals surface area (Å²) in [6.45, 7) is 2.11. The lowest BCUT2D eigenvalue weighted by Crippen LogP contribution is -2.13. The van der Waals surface area contributed by atoms with Gasteiger partial charge >= 0.3 is 11.7 Å². The quantitative estimate of drug-likeness (QED) is 0.691. The van der Waals surface area contributed by atoms with E-state index >= 15 is 0 Å². The summed E-state index contributed by atoms with van der Waals surface area (Å²) in [5, 5.41) is 12.1. The van der Waals surface area contributed by atoms with Gasteiger partial charge in [0.25, 0.3) is 0 Å². The Hall–Kier alpha value is -3.79. The molecular weight excluding hydrogens is 348 g/mol. The van der Waals surface area contributed by atoms with E-state index in [1.54, 1.807) is 49.4 Å². The Balaban J connectivity index is 1.83. The van der Waals surface area contributed by atoms with Crippen LogP contribution in [-0.4, -0.2) is 12.7 Å². The number of ether oxygens (including phenoxy) is 2. The van der Waals surface area contributed by atoms with Gasteiger partial charge in [0, 0.05) is 28.8 Å². The summed E-state index contributed by atoms with van der Waals surface area (Å²) in [6.07, 6.45) is -0.584. The first-order valence-electron chi connectivity index (χ1n) is 8.22. The van der Waals surface area contributed by atoms with E-state index in [1.165, 1.54) is 6.07 Å². The molecule has 0 fully saturated rings. The van der Waals surface area contributed by atoms with Crippen LogP contribution in [0.4, 0.5) is 10.5 Å². The zero-order chi connectivity index (χ0) is 19.2. The van der Waals surface area contributed by atoms with Crippen LogP contribution in [0.15, 0.2) is 57.7 Å². The van der Waals surface area contributed by atoms with E-state index in [9.17, 15) is 9.59 Å². The number of carbonyl (C=O) groups is 1. The van der Waals surface area contributed by atoms with Gasteiger partial charge in [-0.2, -0.15) is 5.26 Å². The summed E-state index contributed by atoms with van der Waals surface area (Å²) >= 11 is 0. The Morgan fingerprint density at radius 1 is 1.19 bits per heavy atom. The monoisotopic (exact) mass is 364 g/mol.